The summed E-state index contributed by atoms with van der Waals surface area (Å²) >= 11 is 0. The molecule has 0 atom stereocenters. The molecule has 0 aromatic carbocycles. The molecule has 1 aromatic rings. The Bertz CT molecular complexity index is 428. The number of aromatic nitrogens is 1. The van der Waals surface area contributed by atoms with Crippen molar-refractivity contribution < 1.29 is 23.0 Å². The first kappa shape index (κ1) is 12.5. The maximum absolute atomic E-state index is 12.0. The molecule has 0 bridgehead atoms. The van der Waals surface area contributed by atoms with Crippen molar-refractivity contribution in [2.45, 2.75) is 19.5 Å². The van der Waals surface area contributed by atoms with Crippen LogP contribution in [-0.4, -0.2) is 16.5 Å². The highest BCUT2D eigenvalue weighted by molar-refractivity contribution is 5.32. The fourth-order valence-electron chi connectivity index (χ4n) is 1.09. The molecule has 0 spiro atoms. The Kier molecular flexibility index (Phi) is 3.55. The van der Waals surface area contributed by atoms with Crippen LogP contribution < -0.4 is 16.0 Å². The lowest BCUT2D eigenvalue weighted by Gasteiger charge is -2.12. The van der Waals surface area contributed by atoms with Gasteiger partial charge in [0.15, 0.2) is 0 Å². The minimum absolute atomic E-state index is 0.0847. The van der Waals surface area contributed by atoms with Crippen molar-refractivity contribution in [3.8, 4) is 5.75 Å². The monoisotopic (exact) mass is 238 g/mol. The number of pyridine rings is 1. The van der Waals surface area contributed by atoms with Crippen LogP contribution in [0.4, 0.5) is 13.2 Å². The van der Waals surface area contributed by atoms with Crippen LogP contribution in [0.1, 0.15) is 11.3 Å². The molecule has 0 amide bonds. The normalized spacial score (nSPS) is 11.6. The second-order valence-electron chi connectivity index (χ2n) is 2.88. The summed E-state index contributed by atoms with van der Waals surface area (Å²) in [4.78, 5) is 13.4. The van der Waals surface area contributed by atoms with Crippen molar-refractivity contribution in [3.05, 3.63) is 27.7 Å². The van der Waals surface area contributed by atoms with Crippen molar-refractivity contribution in [2.24, 2.45) is 5.73 Å². The molecular weight excluding hydrogens is 229 g/mol. The predicted molar refractivity (Wildman–Crippen MR) is 47.6 cm³/mol. The Morgan fingerprint density at radius 2 is 2.12 bits per heavy atom. The van der Waals surface area contributed by atoms with Gasteiger partial charge in [0.05, 0.1) is 12.2 Å². The van der Waals surface area contributed by atoms with Crippen molar-refractivity contribution >= 4 is 0 Å². The van der Waals surface area contributed by atoms with Crippen LogP contribution in [0.2, 0.25) is 0 Å². The molecule has 0 saturated heterocycles. The van der Waals surface area contributed by atoms with Gasteiger partial charge in [0.2, 0.25) is 0 Å². The highest BCUT2D eigenvalue weighted by Crippen LogP contribution is 2.24. The summed E-state index contributed by atoms with van der Waals surface area (Å²) in [5.41, 5.74) is 3.91. The first-order valence-corrected chi connectivity index (χ1v) is 4.19. The number of hydrogen-bond acceptors (Lipinski definition) is 4. The van der Waals surface area contributed by atoms with E-state index >= 15 is 0 Å². The zero-order valence-corrected chi connectivity index (χ0v) is 7.97. The van der Waals surface area contributed by atoms with Crippen LogP contribution in [0.5, 0.6) is 5.75 Å². The van der Waals surface area contributed by atoms with Crippen LogP contribution in [0.25, 0.3) is 0 Å². The number of hydrogen-bond donors (Lipinski definition) is 3. The van der Waals surface area contributed by atoms with Gasteiger partial charge in [-0.15, -0.1) is 13.2 Å². The van der Waals surface area contributed by atoms with E-state index in [1.54, 1.807) is 0 Å². The highest BCUT2D eigenvalue weighted by atomic mass is 19.4. The summed E-state index contributed by atoms with van der Waals surface area (Å²) < 4.78 is 39.5. The van der Waals surface area contributed by atoms with Gasteiger partial charge in [-0.1, -0.05) is 0 Å². The highest BCUT2D eigenvalue weighted by Gasteiger charge is 2.32. The van der Waals surface area contributed by atoms with E-state index in [0.717, 1.165) is 6.07 Å². The van der Waals surface area contributed by atoms with E-state index in [1.807, 2.05) is 0 Å². The van der Waals surface area contributed by atoms with Gasteiger partial charge in [0.25, 0.3) is 5.56 Å². The maximum Gasteiger partial charge on any atom is 0.573 e. The summed E-state index contributed by atoms with van der Waals surface area (Å²) in [7, 11) is 0. The molecule has 1 aromatic heterocycles. The van der Waals surface area contributed by atoms with Gasteiger partial charge in [0, 0.05) is 18.3 Å². The molecule has 0 aliphatic carbocycles. The second kappa shape index (κ2) is 4.54. The molecule has 1 heterocycles. The van der Waals surface area contributed by atoms with Crippen LogP contribution in [0.15, 0.2) is 10.9 Å². The molecule has 0 unspecified atom stereocenters. The number of alkyl halides is 3. The molecule has 0 aliphatic heterocycles. The van der Waals surface area contributed by atoms with E-state index in [4.69, 9.17) is 10.8 Å². The fraction of sp³-hybridized carbons (Fsp3) is 0.375. The number of halogens is 3. The fourth-order valence-corrected chi connectivity index (χ4v) is 1.09. The Labute approximate surface area is 87.7 Å². The first-order valence-electron chi connectivity index (χ1n) is 4.19. The topological polar surface area (TPSA) is 88.3 Å². The summed E-state index contributed by atoms with van der Waals surface area (Å²) in [5.74, 6) is -0.737. The number of aromatic amines is 1. The number of nitrogens with one attached hydrogen (secondary N) is 1. The molecule has 0 saturated carbocycles. The third kappa shape index (κ3) is 2.97. The summed E-state index contributed by atoms with van der Waals surface area (Å²) in [6, 6.07) is 0.931. The molecular formula is C8H9F3N2O3. The van der Waals surface area contributed by atoms with E-state index in [-0.39, 0.29) is 12.2 Å². The smallest absolute Gasteiger partial charge is 0.405 e. The van der Waals surface area contributed by atoms with E-state index in [1.165, 1.54) is 0 Å². The molecule has 0 aliphatic rings. The number of aliphatic hydroxyl groups is 1. The average Bonchev–Trinajstić information content (AvgIpc) is 2.14. The standard InChI is InChI=1S/C8H9F3N2O3/c9-8(10,11)16-6-1-4(2-12)13-7(15)5(6)3-14/h1,14H,2-3,12H2,(H,13,15). The van der Waals surface area contributed by atoms with Crippen LogP contribution in [0.3, 0.4) is 0 Å². The minimum Gasteiger partial charge on any atom is -0.405 e. The van der Waals surface area contributed by atoms with Gasteiger partial charge in [-0.05, 0) is 0 Å². The maximum atomic E-state index is 12.0. The van der Waals surface area contributed by atoms with E-state index in [0.29, 0.717) is 0 Å². The number of aliphatic hydroxyl groups excluding tert-OH is 1. The largest absolute Gasteiger partial charge is 0.573 e. The number of nitrogens with two attached hydrogens (primary N) is 1. The summed E-state index contributed by atoms with van der Waals surface area (Å²) in [6.07, 6.45) is -4.93. The molecule has 0 radical (unpaired) electrons. The van der Waals surface area contributed by atoms with Gasteiger partial charge >= 0.3 is 6.36 Å². The van der Waals surface area contributed by atoms with Gasteiger partial charge in [-0.2, -0.15) is 0 Å². The summed E-state index contributed by atoms with van der Waals surface area (Å²) in [6.45, 7) is -0.999. The van der Waals surface area contributed by atoms with Crippen molar-refractivity contribution in [1.82, 2.24) is 4.98 Å². The molecule has 1 rings (SSSR count). The van der Waals surface area contributed by atoms with Crippen molar-refractivity contribution in [3.63, 3.8) is 0 Å². The Hall–Kier alpha value is -1.54. The molecule has 8 heteroatoms. The van der Waals surface area contributed by atoms with Crippen LogP contribution in [0, 0.1) is 0 Å². The van der Waals surface area contributed by atoms with Crippen LogP contribution in [-0.2, 0) is 13.2 Å². The lowest BCUT2D eigenvalue weighted by molar-refractivity contribution is -0.275. The molecule has 90 valence electrons. The molecule has 0 fully saturated rings. The third-order valence-electron chi connectivity index (χ3n) is 1.75. The number of H-pyrrole nitrogens is 1. The minimum atomic E-state index is -4.93. The lowest BCUT2D eigenvalue weighted by Crippen LogP contribution is -2.23. The van der Waals surface area contributed by atoms with Gasteiger partial charge < -0.3 is 20.6 Å². The third-order valence-corrected chi connectivity index (χ3v) is 1.75. The molecule has 4 N–H and O–H groups in total. The SMILES string of the molecule is NCc1cc(OC(F)(F)F)c(CO)c(=O)[nH]1. The average molecular weight is 238 g/mol. The Balaban J connectivity index is 3.23. The first-order chi connectivity index (χ1) is 7.37. The quantitative estimate of drug-likeness (QED) is 0.703. The van der Waals surface area contributed by atoms with E-state index in [2.05, 4.69) is 9.72 Å². The Morgan fingerprint density at radius 1 is 1.50 bits per heavy atom. The second-order valence-corrected chi connectivity index (χ2v) is 2.88. The zero-order chi connectivity index (χ0) is 12.3. The Morgan fingerprint density at radius 3 is 2.56 bits per heavy atom. The van der Waals surface area contributed by atoms with Crippen LogP contribution >= 0.6 is 0 Å². The lowest BCUT2D eigenvalue weighted by atomic mass is 10.2. The van der Waals surface area contributed by atoms with E-state index in [9.17, 15) is 18.0 Å². The summed E-state index contributed by atoms with van der Waals surface area (Å²) in [5, 5.41) is 8.76. The van der Waals surface area contributed by atoms with Gasteiger partial charge in [0.1, 0.15) is 5.75 Å². The van der Waals surface area contributed by atoms with Crippen molar-refractivity contribution in [2.75, 3.05) is 0 Å². The van der Waals surface area contributed by atoms with Gasteiger partial charge in [-0.25, -0.2) is 0 Å². The van der Waals surface area contributed by atoms with E-state index < -0.39 is 29.8 Å². The van der Waals surface area contributed by atoms with Crippen molar-refractivity contribution in [1.29, 1.82) is 0 Å². The molecule has 16 heavy (non-hydrogen) atoms. The zero-order valence-electron chi connectivity index (χ0n) is 7.97. The number of ether oxygens (including phenoxy) is 1. The molecule has 5 nitrogen and oxygen atoms in total. The predicted octanol–water partition coefficient (Wildman–Crippen LogP) is 0.225. The number of rotatable bonds is 3. The van der Waals surface area contributed by atoms with Gasteiger partial charge in [-0.3, -0.25) is 4.79 Å².